The molecule has 3 N–H and O–H groups in total. The van der Waals surface area contributed by atoms with Crippen molar-refractivity contribution in [3.63, 3.8) is 0 Å². The highest BCUT2D eigenvalue weighted by molar-refractivity contribution is 14.1. The molecule has 0 aromatic heterocycles. The topological polar surface area (TPSA) is 251 Å². The molecule has 0 radical (unpaired) electrons. The van der Waals surface area contributed by atoms with Crippen LogP contribution in [-0.4, -0.2) is 66.7 Å². The summed E-state index contributed by atoms with van der Waals surface area (Å²) in [6, 6.07) is 28.6. The van der Waals surface area contributed by atoms with E-state index in [1.54, 1.807) is 33.8 Å². The number of hydrogen-bond donors (Lipinski definition) is 3. The van der Waals surface area contributed by atoms with Crippen LogP contribution in [0, 0.1) is 15.2 Å². The van der Waals surface area contributed by atoms with Gasteiger partial charge in [-0.2, -0.15) is 22.0 Å². The van der Waals surface area contributed by atoms with Gasteiger partial charge in [0.05, 0.1) is 20.3 Å². The van der Waals surface area contributed by atoms with Crippen LogP contribution >= 0.6 is 22.6 Å². The standard InChI is InChI=1S/C54H45F7IN3O15S/c1-51(2,36-10-14-38(55)15-11-36)79-45(67)33-5-18-40(19-6-33)75-48(69)63-27-30-23-31(28-64-49(70)76-41-20-7-34(8-21-41)46(68)80-52(3,4)37-12-16-39(56)17-13-37)25-32(24-30)29-65-50(71)77-43-22-9-35(26-42(43)62)44(66)78-47(53(57,58)59)54(60,61)81(72,73)74/h5-26,47H,27-29H2,1-4H3,(H,63,69)(H,64,70)(H,65,71)(H,72,73,74)/p-1. The molecule has 0 bridgehead atoms. The van der Waals surface area contributed by atoms with Crippen molar-refractivity contribution in [2.45, 2.75) is 76.1 Å². The molecule has 27 heteroatoms. The van der Waals surface area contributed by atoms with E-state index in [1.807, 2.05) is 0 Å². The molecule has 0 saturated heterocycles. The fraction of sp³-hybridized carbons (Fsp3) is 0.222. The normalized spacial score (nSPS) is 12.3. The van der Waals surface area contributed by atoms with Gasteiger partial charge in [0.1, 0.15) is 40.1 Å². The zero-order valence-corrected chi connectivity index (χ0v) is 45.4. The number of esters is 3. The first-order valence-electron chi connectivity index (χ1n) is 23.4. The van der Waals surface area contributed by atoms with Gasteiger partial charge in [-0.05, 0) is 169 Å². The van der Waals surface area contributed by atoms with Crippen LogP contribution in [-0.2, 0) is 55.2 Å². The van der Waals surface area contributed by atoms with Crippen molar-refractivity contribution in [3.05, 3.63) is 193 Å². The van der Waals surface area contributed by atoms with Crippen LogP contribution in [0.2, 0.25) is 0 Å². The zero-order valence-electron chi connectivity index (χ0n) is 42.5. The lowest BCUT2D eigenvalue weighted by atomic mass is 9.98. The minimum absolute atomic E-state index is 0.0273. The summed E-state index contributed by atoms with van der Waals surface area (Å²) in [7, 11) is -6.96. The summed E-state index contributed by atoms with van der Waals surface area (Å²) in [5.74, 6) is -4.72. The van der Waals surface area contributed by atoms with Crippen LogP contribution in [0.25, 0.3) is 0 Å². The van der Waals surface area contributed by atoms with E-state index in [2.05, 4.69) is 20.7 Å². The van der Waals surface area contributed by atoms with Gasteiger partial charge >= 0.3 is 47.6 Å². The van der Waals surface area contributed by atoms with E-state index in [-0.39, 0.29) is 51.6 Å². The van der Waals surface area contributed by atoms with E-state index < -0.39 is 92.2 Å². The largest absolute Gasteiger partial charge is 0.743 e. The number of amides is 3. The van der Waals surface area contributed by atoms with E-state index in [1.165, 1.54) is 132 Å². The number of ether oxygens (including phenoxy) is 6. The average Bonchev–Trinajstić information content (AvgIpc) is 3.47. The fourth-order valence-corrected chi connectivity index (χ4v) is 8.22. The summed E-state index contributed by atoms with van der Waals surface area (Å²) >= 11 is 1.47. The molecule has 3 amide bonds. The van der Waals surface area contributed by atoms with Crippen LogP contribution in [0.15, 0.2) is 133 Å². The highest BCUT2D eigenvalue weighted by atomic mass is 127. The average molecular weight is 1270 g/mol. The quantitative estimate of drug-likeness (QED) is 0.0224. The Kier molecular flexibility index (Phi) is 19.4. The lowest BCUT2D eigenvalue weighted by Gasteiger charge is -2.29. The molecule has 1 unspecified atom stereocenters. The molecule has 6 aromatic rings. The molecule has 0 saturated carbocycles. The monoisotopic (exact) mass is 1270 g/mol. The number of alkyl halides is 5. The lowest BCUT2D eigenvalue weighted by Crippen LogP contribution is -2.52. The molecule has 0 aliphatic rings. The Morgan fingerprint density at radius 3 is 1.22 bits per heavy atom. The molecule has 0 aliphatic heterocycles. The first kappa shape index (κ1) is 61.9. The van der Waals surface area contributed by atoms with E-state index in [0.717, 1.165) is 12.1 Å². The van der Waals surface area contributed by atoms with Gasteiger partial charge in [0.25, 0.3) is 6.10 Å². The Balaban J connectivity index is 1.10. The Morgan fingerprint density at radius 1 is 0.519 bits per heavy atom. The van der Waals surface area contributed by atoms with E-state index in [0.29, 0.717) is 33.9 Å². The van der Waals surface area contributed by atoms with Gasteiger partial charge in [-0.15, -0.1) is 0 Å². The van der Waals surface area contributed by atoms with Crippen LogP contribution in [0.1, 0.15) is 86.6 Å². The number of nitrogens with one attached hydrogen (secondary N) is 3. The van der Waals surface area contributed by atoms with Crippen LogP contribution in [0.5, 0.6) is 17.2 Å². The van der Waals surface area contributed by atoms with Gasteiger partial charge in [0.2, 0.25) is 0 Å². The Bertz CT molecular complexity index is 3270. The van der Waals surface area contributed by atoms with Crippen molar-refractivity contribution in [1.29, 1.82) is 0 Å². The third kappa shape index (κ3) is 17.1. The maximum atomic E-state index is 13.9. The predicted molar refractivity (Wildman–Crippen MR) is 277 cm³/mol. The number of carbonyl (C=O) groups excluding carboxylic acids is 6. The summed E-state index contributed by atoms with van der Waals surface area (Å²) in [6.45, 7) is 5.77. The third-order valence-electron chi connectivity index (χ3n) is 11.3. The van der Waals surface area contributed by atoms with E-state index in [9.17, 15) is 72.5 Å². The maximum Gasteiger partial charge on any atom is 0.432 e. The van der Waals surface area contributed by atoms with Crippen molar-refractivity contribution in [1.82, 2.24) is 16.0 Å². The Hall–Kier alpha value is -8.31. The second-order valence-electron chi connectivity index (χ2n) is 18.2. The van der Waals surface area contributed by atoms with Crippen molar-refractivity contribution < 1.29 is 101 Å². The Labute approximate surface area is 470 Å². The van der Waals surface area contributed by atoms with Crippen molar-refractivity contribution in [3.8, 4) is 17.2 Å². The van der Waals surface area contributed by atoms with Crippen LogP contribution in [0.4, 0.5) is 45.1 Å². The summed E-state index contributed by atoms with van der Waals surface area (Å²) in [4.78, 5) is 77.3. The maximum absolute atomic E-state index is 13.9. The molecule has 0 spiro atoms. The third-order valence-corrected chi connectivity index (χ3v) is 13.1. The minimum Gasteiger partial charge on any atom is -0.743 e. The molecular weight excluding hydrogens is 1220 g/mol. The molecule has 0 aliphatic carbocycles. The lowest BCUT2D eigenvalue weighted by molar-refractivity contribution is -0.248. The molecule has 6 rings (SSSR count). The summed E-state index contributed by atoms with van der Waals surface area (Å²) in [5, 5.41) is 1.46. The second kappa shape index (κ2) is 25.4. The highest BCUT2D eigenvalue weighted by Gasteiger charge is 2.63. The second-order valence-corrected chi connectivity index (χ2v) is 20.9. The molecule has 428 valence electrons. The van der Waals surface area contributed by atoms with E-state index >= 15 is 0 Å². The predicted octanol–water partition coefficient (Wildman–Crippen LogP) is 10.8. The number of benzene rings is 6. The summed E-state index contributed by atoms with van der Waals surface area (Å²) in [5.41, 5.74) is -0.685. The SMILES string of the molecule is CC(C)(OC(=O)c1ccc(OC(=O)NCc2cc(CNC(=O)Oc3ccc(C(=O)OC(C)(C)c4ccc(F)cc4)cc3)cc(CNC(=O)Oc3ccc(C(=O)OC(C(F)(F)F)C(F)(F)S(=O)(=O)[O-])cc3I)c2)cc1)c1ccc(F)cc1. The summed E-state index contributed by atoms with van der Waals surface area (Å²) in [6.07, 6.45) is -13.9. The first-order chi connectivity index (χ1) is 37.8. The molecular formula is C54H44F7IN3O15S-. The molecule has 81 heavy (non-hydrogen) atoms. The van der Waals surface area contributed by atoms with Gasteiger partial charge in [0, 0.05) is 19.6 Å². The highest BCUT2D eigenvalue weighted by Crippen LogP contribution is 2.39. The fourth-order valence-electron chi connectivity index (χ4n) is 7.15. The molecule has 0 heterocycles. The van der Waals surface area contributed by atoms with Gasteiger partial charge in [-0.3, -0.25) is 0 Å². The molecule has 0 fully saturated rings. The van der Waals surface area contributed by atoms with Gasteiger partial charge < -0.3 is 48.9 Å². The molecule has 6 aromatic carbocycles. The van der Waals surface area contributed by atoms with Gasteiger partial charge in [0.15, 0.2) is 10.1 Å². The smallest absolute Gasteiger partial charge is 0.432 e. The Morgan fingerprint density at radius 2 is 0.877 bits per heavy atom. The van der Waals surface area contributed by atoms with Crippen molar-refractivity contribution in [2.24, 2.45) is 0 Å². The number of halogens is 8. The molecule has 1 atom stereocenters. The number of carbonyl (C=O) groups is 6. The zero-order chi connectivity index (χ0) is 59.7. The molecule has 18 nitrogen and oxygen atoms in total. The first-order valence-corrected chi connectivity index (χ1v) is 25.9. The number of rotatable bonds is 19. The van der Waals surface area contributed by atoms with Crippen molar-refractivity contribution >= 4 is 68.9 Å². The van der Waals surface area contributed by atoms with Crippen LogP contribution in [0.3, 0.4) is 0 Å². The van der Waals surface area contributed by atoms with Crippen LogP contribution < -0.4 is 30.2 Å². The minimum atomic E-state index is -6.96. The van der Waals surface area contributed by atoms with Crippen molar-refractivity contribution in [2.75, 3.05) is 0 Å². The van der Waals surface area contributed by atoms with Gasteiger partial charge in [-0.25, -0.2) is 46.0 Å². The van der Waals surface area contributed by atoms with E-state index in [4.69, 9.17) is 23.7 Å². The number of hydrogen-bond acceptors (Lipinski definition) is 15. The van der Waals surface area contributed by atoms with Gasteiger partial charge in [-0.1, -0.05) is 42.5 Å². The summed E-state index contributed by atoms with van der Waals surface area (Å²) < 4.78 is 158.